The quantitative estimate of drug-likeness (QED) is 0.486. The number of rotatable bonds is 4. The third-order valence-corrected chi connectivity index (χ3v) is 3.17. The Morgan fingerprint density at radius 1 is 1.38 bits per heavy atom. The monoisotopic (exact) mass is 320 g/mol. The highest BCUT2D eigenvalue weighted by molar-refractivity contribution is 6.00. The van der Waals surface area contributed by atoms with Gasteiger partial charge in [0.05, 0.1) is 5.69 Å². The molecule has 120 valence electrons. The molecule has 0 saturated carbocycles. The number of azo groups is 1. The number of terminal acetylenes is 1. The molecule has 1 heterocycles. The summed E-state index contributed by atoms with van der Waals surface area (Å²) in [6.07, 6.45) is 5.32. The van der Waals surface area contributed by atoms with Crippen LogP contribution in [0, 0.1) is 23.7 Å². The predicted octanol–water partition coefficient (Wildman–Crippen LogP) is 3.81. The number of benzene rings is 1. The molecule has 1 aromatic carbocycles. The summed E-state index contributed by atoms with van der Waals surface area (Å²) in [6, 6.07) is 8.83. The highest BCUT2D eigenvalue weighted by Gasteiger charge is 2.26. The van der Waals surface area contributed by atoms with E-state index in [1.54, 1.807) is 24.3 Å². The van der Waals surface area contributed by atoms with E-state index in [9.17, 15) is 10.1 Å². The fraction of sp³-hybridized carbons (Fsp3) is 0.278. The summed E-state index contributed by atoms with van der Waals surface area (Å²) in [5, 5.41) is 20.6. The van der Waals surface area contributed by atoms with Crippen LogP contribution in [0.25, 0.3) is 0 Å². The Hall–Kier alpha value is -3.25. The average Bonchev–Trinajstić information content (AvgIpc) is 3.05. The van der Waals surface area contributed by atoms with Crippen LogP contribution in [-0.4, -0.2) is 17.0 Å². The molecule has 24 heavy (non-hydrogen) atoms. The summed E-state index contributed by atoms with van der Waals surface area (Å²) < 4.78 is 5.16. The zero-order chi connectivity index (χ0) is 17.7. The molecule has 2 aromatic rings. The van der Waals surface area contributed by atoms with Crippen molar-refractivity contribution in [3.8, 4) is 18.4 Å². The fourth-order valence-corrected chi connectivity index (χ4v) is 1.80. The molecule has 6 heteroatoms. The number of carbonyl (C=O) groups is 1. The van der Waals surface area contributed by atoms with Crippen molar-refractivity contribution in [1.29, 1.82) is 5.26 Å². The average molecular weight is 320 g/mol. The normalized spacial score (nSPS) is 12.5. The van der Waals surface area contributed by atoms with Gasteiger partial charge in [0, 0.05) is 17.0 Å². The smallest absolute Gasteiger partial charge is 0.225 e. The first kappa shape index (κ1) is 17.1. The molecular weight excluding hydrogens is 304 g/mol. The first-order valence-corrected chi connectivity index (χ1v) is 7.23. The van der Waals surface area contributed by atoms with Gasteiger partial charge in [-0.05, 0) is 18.2 Å². The summed E-state index contributed by atoms with van der Waals surface area (Å²) >= 11 is 0. The van der Waals surface area contributed by atoms with Gasteiger partial charge in [-0.15, -0.1) is 6.42 Å². The van der Waals surface area contributed by atoms with Crippen molar-refractivity contribution < 1.29 is 9.32 Å². The van der Waals surface area contributed by atoms with Crippen LogP contribution in [0.2, 0.25) is 0 Å². The van der Waals surface area contributed by atoms with Gasteiger partial charge in [0.15, 0.2) is 5.69 Å². The Labute approximate surface area is 140 Å². The molecule has 0 amide bonds. The van der Waals surface area contributed by atoms with Gasteiger partial charge < -0.3 is 4.52 Å². The zero-order valence-electron chi connectivity index (χ0n) is 13.6. The fourth-order valence-electron chi connectivity index (χ4n) is 1.80. The van der Waals surface area contributed by atoms with Crippen LogP contribution in [0.1, 0.15) is 42.6 Å². The minimum absolute atomic E-state index is 0.0581. The minimum atomic E-state index is -1.29. The van der Waals surface area contributed by atoms with Gasteiger partial charge in [0.2, 0.25) is 11.8 Å². The topological polar surface area (TPSA) is 91.6 Å². The molecule has 0 N–H and O–H groups in total. The van der Waals surface area contributed by atoms with Crippen molar-refractivity contribution in [3.05, 3.63) is 47.3 Å². The van der Waals surface area contributed by atoms with E-state index in [1.807, 2.05) is 26.8 Å². The van der Waals surface area contributed by atoms with Gasteiger partial charge in [-0.25, -0.2) is 0 Å². The maximum Gasteiger partial charge on any atom is 0.225 e. The van der Waals surface area contributed by atoms with Crippen molar-refractivity contribution >= 4 is 11.5 Å². The van der Waals surface area contributed by atoms with Crippen molar-refractivity contribution in [2.24, 2.45) is 10.2 Å². The summed E-state index contributed by atoms with van der Waals surface area (Å²) in [7, 11) is 0. The lowest BCUT2D eigenvalue weighted by Gasteiger charge is -2.12. The number of aromatic nitrogens is 1. The summed E-state index contributed by atoms with van der Waals surface area (Å²) in [5.74, 6) is 2.47. The number of hydrogen-bond donors (Lipinski definition) is 0. The molecule has 0 aliphatic rings. The lowest BCUT2D eigenvalue weighted by Crippen LogP contribution is -2.16. The van der Waals surface area contributed by atoms with Gasteiger partial charge in [0.25, 0.3) is 0 Å². The van der Waals surface area contributed by atoms with Crippen molar-refractivity contribution in [1.82, 2.24) is 5.16 Å². The highest BCUT2D eigenvalue weighted by atomic mass is 16.5. The van der Waals surface area contributed by atoms with Gasteiger partial charge in [-0.3, -0.25) is 4.79 Å². The van der Waals surface area contributed by atoms with Crippen molar-refractivity contribution in [2.45, 2.75) is 32.2 Å². The van der Waals surface area contributed by atoms with E-state index in [2.05, 4.69) is 21.3 Å². The molecule has 6 nitrogen and oxygen atoms in total. The Bertz CT molecular complexity index is 860. The molecule has 0 aliphatic heterocycles. The van der Waals surface area contributed by atoms with Crippen LogP contribution in [0.5, 0.6) is 0 Å². The van der Waals surface area contributed by atoms with Gasteiger partial charge in [0.1, 0.15) is 11.8 Å². The zero-order valence-corrected chi connectivity index (χ0v) is 13.6. The Morgan fingerprint density at radius 2 is 2.12 bits per heavy atom. The van der Waals surface area contributed by atoms with E-state index in [1.165, 1.54) is 6.07 Å². The van der Waals surface area contributed by atoms with Crippen LogP contribution >= 0.6 is 0 Å². The molecule has 2 rings (SSSR count). The lowest BCUT2D eigenvalue weighted by molar-refractivity contribution is 0.0970. The van der Waals surface area contributed by atoms with E-state index < -0.39 is 11.8 Å². The molecule has 0 spiro atoms. The van der Waals surface area contributed by atoms with Gasteiger partial charge in [-0.2, -0.15) is 15.5 Å². The van der Waals surface area contributed by atoms with E-state index in [0.29, 0.717) is 17.0 Å². The standard InChI is InChI=1S/C18H16N4O2/c1-5-12-7-6-8-13(9-12)20-21-15(11-19)17(23)14-10-16(24-22-14)18(2,3)4/h1,6-10,15H,2-4H3. The molecular formula is C18H16N4O2. The molecule has 1 aromatic heterocycles. The van der Waals surface area contributed by atoms with Crippen molar-refractivity contribution in [2.75, 3.05) is 0 Å². The summed E-state index contributed by atoms with van der Waals surface area (Å²) in [4.78, 5) is 12.3. The second-order valence-electron chi connectivity index (χ2n) is 6.13. The first-order valence-electron chi connectivity index (χ1n) is 7.23. The Morgan fingerprint density at radius 3 is 2.71 bits per heavy atom. The third-order valence-electron chi connectivity index (χ3n) is 3.17. The molecule has 0 aliphatic carbocycles. The first-order chi connectivity index (χ1) is 11.3. The highest BCUT2D eigenvalue weighted by Crippen LogP contribution is 2.23. The summed E-state index contributed by atoms with van der Waals surface area (Å²) in [5.41, 5.74) is 0.875. The van der Waals surface area contributed by atoms with Crippen LogP contribution in [-0.2, 0) is 5.41 Å². The van der Waals surface area contributed by atoms with E-state index in [4.69, 9.17) is 10.9 Å². The molecule has 0 radical (unpaired) electrons. The van der Waals surface area contributed by atoms with Crippen LogP contribution in [0.3, 0.4) is 0 Å². The minimum Gasteiger partial charge on any atom is -0.360 e. The molecule has 1 unspecified atom stereocenters. The van der Waals surface area contributed by atoms with Crippen LogP contribution < -0.4 is 0 Å². The lowest BCUT2D eigenvalue weighted by atomic mass is 9.93. The Balaban J connectivity index is 2.20. The number of ketones is 1. The number of nitrogens with zero attached hydrogens (tertiary/aromatic N) is 4. The van der Waals surface area contributed by atoms with Crippen molar-refractivity contribution in [3.63, 3.8) is 0 Å². The summed E-state index contributed by atoms with van der Waals surface area (Å²) in [6.45, 7) is 5.80. The van der Waals surface area contributed by atoms with E-state index in [-0.39, 0.29) is 11.1 Å². The third kappa shape index (κ3) is 3.93. The van der Waals surface area contributed by atoms with E-state index in [0.717, 1.165) is 0 Å². The second kappa shape index (κ2) is 6.89. The molecule has 0 fully saturated rings. The SMILES string of the molecule is C#Cc1cccc(N=NC(C#N)C(=O)c2cc(C(C)(C)C)on2)c1. The van der Waals surface area contributed by atoms with Gasteiger partial charge in [-0.1, -0.05) is 37.9 Å². The Kier molecular flexibility index (Phi) is 4.91. The number of nitriles is 1. The largest absolute Gasteiger partial charge is 0.360 e. The number of carbonyl (C=O) groups excluding carboxylic acids is 1. The molecule has 1 atom stereocenters. The van der Waals surface area contributed by atoms with Gasteiger partial charge >= 0.3 is 0 Å². The predicted molar refractivity (Wildman–Crippen MR) is 87.8 cm³/mol. The second-order valence-corrected chi connectivity index (χ2v) is 6.13. The maximum absolute atomic E-state index is 12.3. The molecule has 0 bridgehead atoms. The number of Topliss-reactive ketones (excluding diaryl/α,β-unsaturated/α-hetero) is 1. The van der Waals surface area contributed by atoms with E-state index >= 15 is 0 Å². The number of hydrogen-bond acceptors (Lipinski definition) is 6. The maximum atomic E-state index is 12.3. The molecule has 0 saturated heterocycles. The van der Waals surface area contributed by atoms with Crippen LogP contribution in [0.15, 0.2) is 45.1 Å². The van der Waals surface area contributed by atoms with Crippen LogP contribution in [0.4, 0.5) is 5.69 Å².